The van der Waals surface area contributed by atoms with Gasteiger partial charge in [0.15, 0.2) is 0 Å². The van der Waals surface area contributed by atoms with Crippen LogP contribution in [0.1, 0.15) is 18.0 Å². The molecule has 2 aromatic rings. The molecule has 1 heterocycles. The van der Waals surface area contributed by atoms with E-state index in [0.717, 1.165) is 23.0 Å². The van der Waals surface area contributed by atoms with Gasteiger partial charge in [-0.25, -0.2) is 0 Å². The molecule has 0 radical (unpaired) electrons. The second-order valence-corrected chi connectivity index (χ2v) is 3.37. The summed E-state index contributed by atoms with van der Waals surface area (Å²) in [6.45, 7) is 0.598. The standard InChI is InChI=1S/C11H14N2O/c12-6-5-10(13)9-7-14-11-4-2-1-3-8(9)11/h1-4,7,10H,5-6,12-13H2. The van der Waals surface area contributed by atoms with Crippen molar-refractivity contribution in [3.05, 3.63) is 36.1 Å². The van der Waals surface area contributed by atoms with Gasteiger partial charge in [0.25, 0.3) is 0 Å². The minimum absolute atomic E-state index is 0.0244. The summed E-state index contributed by atoms with van der Waals surface area (Å²) in [5.74, 6) is 0. The Morgan fingerprint density at radius 2 is 2.07 bits per heavy atom. The molecule has 3 nitrogen and oxygen atoms in total. The van der Waals surface area contributed by atoms with Crippen molar-refractivity contribution in [1.29, 1.82) is 0 Å². The first kappa shape index (κ1) is 9.24. The Balaban J connectivity index is 2.42. The maximum Gasteiger partial charge on any atom is 0.134 e. The SMILES string of the molecule is NCCC(N)c1coc2ccccc12. The van der Waals surface area contributed by atoms with Crippen LogP contribution < -0.4 is 11.5 Å². The average molecular weight is 190 g/mol. The van der Waals surface area contributed by atoms with Crippen LogP contribution in [0.15, 0.2) is 34.9 Å². The molecule has 0 spiro atoms. The Morgan fingerprint density at radius 3 is 2.86 bits per heavy atom. The largest absolute Gasteiger partial charge is 0.464 e. The predicted octanol–water partition coefficient (Wildman–Crippen LogP) is 1.78. The van der Waals surface area contributed by atoms with Crippen molar-refractivity contribution in [1.82, 2.24) is 0 Å². The zero-order valence-corrected chi connectivity index (χ0v) is 7.94. The Bertz CT molecular complexity index is 422. The first-order valence-electron chi connectivity index (χ1n) is 4.74. The molecular weight excluding hydrogens is 176 g/mol. The van der Waals surface area contributed by atoms with Gasteiger partial charge in [0.1, 0.15) is 5.58 Å². The molecule has 1 aromatic carbocycles. The zero-order chi connectivity index (χ0) is 9.97. The molecule has 0 bridgehead atoms. The summed E-state index contributed by atoms with van der Waals surface area (Å²) in [5.41, 5.74) is 13.4. The molecule has 14 heavy (non-hydrogen) atoms. The van der Waals surface area contributed by atoms with Gasteiger partial charge in [0, 0.05) is 17.0 Å². The normalized spacial score (nSPS) is 13.3. The van der Waals surface area contributed by atoms with E-state index >= 15 is 0 Å². The highest BCUT2D eigenvalue weighted by Gasteiger charge is 2.11. The Hall–Kier alpha value is -1.32. The second kappa shape index (κ2) is 3.82. The molecule has 0 saturated heterocycles. The van der Waals surface area contributed by atoms with E-state index in [1.54, 1.807) is 6.26 Å². The number of benzene rings is 1. The summed E-state index contributed by atoms with van der Waals surface area (Å²) < 4.78 is 5.40. The first-order chi connectivity index (χ1) is 6.83. The molecule has 74 valence electrons. The van der Waals surface area contributed by atoms with Crippen LogP contribution in [-0.2, 0) is 0 Å². The summed E-state index contributed by atoms with van der Waals surface area (Å²) in [4.78, 5) is 0. The van der Waals surface area contributed by atoms with Crippen LogP contribution in [0.2, 0.25) is 0 Å². The van der Waals surface area contributed by atoms with Gasteiger partial charge in [-0.1, -0.05) is 18.2 Å². The molecule has 1 aromatic heterocycles. The smallest absolute Gasteiger partial charge is 0.134 e. The fourth-order valence-corrected chi connectivity index (χ4v) is 1.62. The number of rotatable bonds is 3. The highest BCUT2D eigenvalue weighted by molar-refractivity contribution is 5.81. The summed E-state index contributed by atoms with van der Waals surface area (Å²) in [7, 11) is 0. The van der Waals surface area contributed by atoms with Crippen molar-refractivity contribution in [2.75, 3.05) is 6.54 Å². The summed E-state index contributed by atoms with van der Waals surface area (Å²) >= 11 is 0. The molecule has 0 saturated carbocycles. The lowest BCUT2D eigenvalue weighted by Gasteiger charge is -2.07. The second-order valence-electron chi connectivity index (χ2n) is 3.37. The number of para-hydroxylation sites is 1. The Morgan fingerprint density at radius 1 is 1.29 bits per heavy atom. The van der Waals surface area contributed by atoms with Gasteiger partial charge in [-0.3, -0.25) is 0 Å². The summed E-state index contributed by atoms with van der Waals surface area (Å²) in [6.07, 6.45) is 2.51. The molecule has 3 heteroatoms. The van der Waals surface area contributed by atoms with E-state index < -0.39 is 0 Å². The lowest BCUT2D eigenvalue weighted by molar-refractivity contribution is 0.591. The fourth-order valence-electron chi connectivity index (χ4n) is 1.62. The van der Waals surface area contributed by atoms with Crippen molar-refractivity contribution in [2.24, 2.45) is 11.5 Å². The highest BCUT2D eigenvalue weighted by atomic mass is 16.3. The van der Waals surface area contributed by atoms with Crippen molar-refractivity contribution in [3.8, 4) is 0 Å². The number of furan rings is 1. The topological polar surface area (TPSA) is 65.2 Å². The molecule has 2 rings (SSSR count). The van der Waals surface area contributed by atoms with Gasteiger partial charge >= 0.3 is 0 Å². The van der Waals surface area contributed by atoms with E-state index in [1.807, 2.05) is 24.3 Å². The van der Waals surface area contributed by atoms with E-state index in [-0.39, 0.29) is 6.04 Å². The average Bonchev–Trinajstić information content (AvgIpc) is 2.61. The zero-order valence-electron chi connectivity index (χ0n) is 7.94. The van der Waals surface area contributed by atoms with E-state index in [2.05, 4.69) is 0 Å². The van der Waals surface area contributed by atoms with Crippen molar-refractivity contribution in [2.45, 2.75) is 12.5 Å². The highest BCUT2D eigenvalue weighted by Crippen LogP contribution is 2.26. The molecule has 1 atom stereocenters. The third kappa shape index (κ3) is 1.52. The van der Waals surface area contributed by atoms with Gasteiger partial charge in [0.05, 0.1) is 6.26 Å². The third-order valence-electron chi connectivity index (χ3n) is 2.39. The van der Waals surface area contributed by atoms with Crippen LogP contribution in [0.3, 0.4) is 0 Å². The summed E-state index contributed by atoms with van der Waals surface area (Å²) in [6, 6.07) is 7.86. The maximum atomic E-state index is 5.98. The summed E-state index contributed by atoms with van der Waals surface area (Å²) in [5, 5.41) is 1.09. The van der Waals surface area contributed by atoms with Crippen LogP contribution in [0.25, 0.3) is 11.0 Å². The number of nitrogens with two attached hydrogens (primary N) is 2. The van der Waals surface area contributed by atoms with Crippen LogP contribution >= 0.6 is 0 Å². The maximum absolute atomic E-state index is 5.98. The van der Waals surface area contributed by atoms with Crippen LogP contribution in [-0.4, -0.2) is 6.54 Å². The van der Waals surface area contributed by atoms with Gasteiger partial charge in [-0.15, -0.1) is 0 Å². The molecular formula is C11H14N2O. The van der Waals surface area contributed by atoms with E-state index in [0.29, 0.717) is 6.54 Å². The van der Waals surface area contributed by atoms with Gasteiger partial charge in [-0.2, -0.15) is 0 Å². The molecule has 4 N–H and O–H groups in total. The van der Waals surface area contributed by atoms with Gasteiger partial charge in [-0.05, 0) is 19.0 Å². The van der Waals surface area contributed by atoms with Gasteiger partial charge < -0.3 is 15.9 Å². The Kier molecular flexibility index (Phi) is 2.52. The predicted molar refractivity (Wildman–Crippen MR) is 56.8 cm³/mol. The van der Waals surface area contributed by atoms with Crippen LogP contribution in [0.5, 0.6) is 0 Å². The third-order valence-corrected chi connectivity index (χ3v) is 2.39. The van der Waals surface area contributed by atoms with E-state index in [1.165, 1.54) is 0 Å². The number of hydrogen-bond acceptors (Lipinski definition) is 3. The molecule has 0 aliphatic heterocycles. The molecule has 0 aliphatic carbocycles. The quantitative estimate of drug-likeness (QED) is 0.775. The molecule has 0 fully saturated rings. The lowest BCUT2D eigenvalue weighted by Crippen LogP contribution is -2.14. The van der Waals surface area contributed by atoms with Gasteiger partial charge in [0.2, 0.25) is 0 Å². The van der Waals surface area contributed by atoms with Crippen molar-refractivity contribution < 1.29 is 4.42 Å². The minimum Gasteiger partial charge on any atom is -0.464 e. The van der Waals surface area contributed by atoms with Crippen molar-refractivity contribution in [3.63, 3.8) is 0 Å². The first-order valence-corrected chi connectivity index (χ1v) is 4.74. The van der Waals surface area contributed by atoms with Crippen molar-refractivity contribution >= 4 is 11.0 Å². The number of hydrogen-bond donors (Lipinski definition) is 2. The van der Waals surface area contributed by atoms with E-state index in [4.69, 9.17) is 15.9 Å². The molecule has 0 aliphatic rings. The Labute approximate surface area is 82.7 Å². The minimum atomic E-state index is -0.0244. The lowest BCUT2D eigenvalue weighted by atomic mass is 10.0. The van der Waals surface area contributed by atoms with Crippen LogP contribution in [0.4, 0.5) is 0 Å². The fraction of sp³-hybridized carbons (Fsp3) is 0.273. The molecule has 1 unspecified atom stereocenters. The number of fused-ring (bicyclic) bond motifs is 1. The van der Waals surface area contributed by atoms with Crippen LogP contribution in [0, 0.1) is 0 Å². The molecule has 0 amide bonds. The monoisotopic (exact) mass is 190 g/mol. The van der Waals surface area contributed by atoms with E-state index in [9.17, 15) is 0 Å².